The first-order chi connectivity index (χ1) is 11.5. The number of hydrogen-bond donors (Lipinski definition) is 2. The summed E-state index contributed by atoms with van der Waals surface area (Å²) in [5.41, 5.74) is 5.25. The molecule has 0 unspecified atom stereocenters. The van der Waals surface area contributed by atoms with Crippen molar-refractivity contribution in [3.05, 3.63) is 33.0 Å². The van der Waals surface area contributed by atoms with E-state index in [2.05, 4.69) is 38.4 Å². The number of hydrazine groups is 1. The number of halogens is 2. The zero-order valence-electron chi connectivity index (χ0n) is 12.8. The molecule has 0 aliphatic carbocycles. The zero-order chi connectivity index (χ0) is 17.5. The highest BCUT2D eigenvalue weighted by atomic mass is 127. The van der Waals surface area contributed by atoms with Gasteiger partial charge in [-0.2, -0.15) is 11.8 Å². The van der Waals surface area contributed by atoms with Gasteiger partial charge < -0.3 is 4.74 Å². The van der Waals surface area contributed by atoms with Gasteiger partial charge in [0.1, 0.15) is 5.52 Å². The highest BCUT2D eigenvalue weighted by molar-refractivity contribution is 14.1. The van der Waals surface area contributed by atoms with Gasteiger partial charge in [0.2, 0.25) is 5.91 Å². The van der Waals surface area contributed by atoms with Crippen molar-refractivity contribution in [3.63, 3.8) is 0 Å². The summed E-state index contributed by atoms with van der Waals surface area (Å²) in [4.78, 5) is 27.5. The Morgan fingerprint density at radius 1 is 1.38 bits per heavy atom. The van der Waals surface area contributed by atoms with Crippen LogP contribution in [0.5, 0.6) is 5.75 Å². The Labute approximate surface area is 162 Å². The van der Waals surface area contributed by atoms with Crippen molar-refractivity contribution in [1.82, 2.24) is 15.8 Å². The number of pyridine rings is 1. The highest BCUT2D eigenvalue weighted by Gasteiger charge is 2.14. The van der Waals surface area contributed by atoms with Crippen LogP contribution in [0.25, 0.3) is 10.9 Å². The number of carbonyl (C=O) groups is 2. The van der Waals surface area contributed by atoms with Crippen LogP contribution >= 0.6 is 46.0 Å². The molecule has 0 atom stereocenters. The first kappa shape index (κ1) is 19.1. The van der Waals surface area contributed by atoms with E-state index in [0.717, 1.165) is 8.96 Å². The molecule has 0 aliphatic heterocycles. The summed E-state index contributed by atoms with van der Waals surface area (Å²) < 4.78 is 6.33. The standard InChI is InChI=1S/C15H15ClIN3O3S/c1-24-6-4-12(21)19-20-13(22)8-23-15-11(17)7-10(16)9-3-2-5-18-14(9)15/h2-3,5,7H,4,6,8H2,1H3,(H,19,21)(H,20,22). The molecule has 2 rings (SSSR count). The van der Waals surface area contributed by atoms with Crippen molar-refractivity contribution in [2.45, 2.75) is 6.42 Å². The van der Waals surface area contributed by atoms with E-state index >= 15 is 0 Å². The van der Waals surface area contributed by atoms with Crippen LogP contribution in [0.4, 0.5) is 0 Å². The van der Waals surface area contributed by atoms with Crippen molar-refractivity contribution in [3.8, 4) is 5.75 Å². The van der Waals surface area contributed by atoms with Crippen molar-refractivity contribution in [2.24, 2.45) is 0 Å². The minimum absolute atomic E-state index is 0.244. The number of thioether (sulfide) groups is 1. The quantitative estimate of drug-likeness (QED) is 0.492. The molecular formula is C15H15ClIN3O3S. The molecule has 2 amide bonds. The van der Waals surface area contributed by atoms with Crippen LogP contribution in [0, 0.1) is 3.57 Å². The van der Waals surface area contributed by atoms with Crippen LogP contribution in [-0.4, -0.2) is 35.4 Å². The Morgan fingerprint density at radius 3 is 2.88 bits per heavy atom. The second kappa shape index (κ2) is 9.28. The number of rotatable bonds is 6. The van der Waals surface area contributed by atoms with Gasteiger partial charge in [-0.25, -0.2) is 0 Å². The molecule has 1 heterocycles. The predicted octanol–water partition coefficient (Wildman–Crippen LogP) is 2.77. The first-order valence-electron chi connectivity index (χ1n) is 6.95. The Bertz CT molecular complexity index is 760. The molecular weight excluding hydrogens is 465 g/mol. The fourth-order valence-electron chi connectivity index (χ4n) is 1.85. The lowest BCUT2D eigenvalue weighted by molar-refractivity contribution is -0.129. The van der Waals surface area contributed by atoms with E-state index in [1.54, 1.807) is 30.1 Å². The number of hydrogen-bond acceptors (Lipinski definition) is 5. The summed E-state index contributed by atoms with van der Waals surface area (Å²) >= 11 is 9.83. The van der Waals surface area contributed by atoms with Crippen molar-refractivity contribution >= 4 is 68.7 Å². The minimum atomic E-state index is -0.456. The molecule has 6 nitrogen and oxygen atoms in total. The smallest absolute Gasteiger partial charge is 0.276 e. The average Bonchev–Trinajstić information content (AvgIpc) is 2.58. The summed E-state index contributed by atoms with van der Waals surface area (Å²) in [6.45, 7) is -0.244. The number of benzene rings is 1. The zero-order valence-corrected chi connectivity index (χ0v) is 16.5. The Balaban J connectivity index is 1.98. The van der Waals surface area contributed by atoms with Gasteiger partial charge in [-0.3, -0.25) is 25.4 Å². The van der Waals surface area contributed by atoms with Gasteiger partial charge in [0.15, 0.2) is 12.4 Å². The van der Waals surface area contributed by atoms with E-state index < -0.39 is 5.91 Å². The normalized spacial score (nSPS) is 10.5. The minimum Gasteiger partial charge on any atom is -0.480 e. The predicted molar refractivity (Wildman–Crippen MR) is 104 cm³/mol. The molecule has 1 aromatic carbocycles. The molecule has 2 aromatic rings. The number of amides is 2. The van der Waals surface area contributed by atoms with Gasteiger partial charge in [0, 0.05) is 23.8 Å². The Hall–Kier alpha value is -1.26. The van der Waals surface area contributed by atoms with Crippen molar-refractivity contribution < 1.29 is 14.3 Å². The van der Waals surface area contributed by atoms with Crippen LogP contribution in [0.3, 0.4) is 0 Å². The number of fused-ring (bicyclic) bond motifs is 1. The van der Waals surface area contributed by atoms with E-state index in [0.29, 0.717) is 28.5 Å². The third kappa shape index (κ3) is 5.12. The van der Waals surface area contributed by atoms with E-state index in [9.17, 15) is 9.59 Å². The average molecular weight is 480 g/mol. The summed E-state index contributed by atoms with van der Waals surface area (Å²) in [6, 6.07) is 5.37. The topological polar surface area (TPSA) is 80.3 Å². The maximum atomic E-state index is 11.8. The van der Waals surface area contributed by atoms with Crippen LogP contribution in [-0.2, 0) is 9.59 Å². The maximum Gasteiger partial charge on any atom is 0.276 e. The van der Waals surface area contributed by atoms with Gasteiger partial charge in [-0.05, 0) is 47.0 Å². The third-order valence-electron chi connectivity index (χ3n) is 2.97. The van der Waals surface area contributed by atoms with Gasteiger partial charge in [-0.1, -0.05) is 11.6 Å². The van der Waals surface area contributed by atoms with E-state index in [1.165, 1.54) is 0 Å². The van der Waals surface area contributed by atoms with Gasteiger partial charge in [0.25, 0.3) is 5.91 Å². The maximum absolute atomic E-state index is 11.8. The third-order valence-corrected chi connectivity index (χ3v) is 4.70. The number of aromatic nitrogens is 1. The van der Waals surface area contributed by atoms with E-state index in [1.807, 2.05) is 12.3 Å². The second-order valence-electron chi connectivity index (χ2n) is 4.70. The Morgan fingerprint density at radius 2 is 2.12 bits per heavy atom. The molecule has 0 spiro atoms. The van der Waals surface area contributed by atoms with Crippen molar-refractivity contribution in [2.75, 3.05) is 18.6 Å². The number of ether oxygens (including phenoxy) is 1. The highest BCUT2D eigenvalue weighted by Crippen LogP contribution is 2.34. The summed E-state index contributed by atoms with van der Waals surface area (Å²) in [5, 5.41) is 1.32. The molecule has 0 saturated carbocycles. The van der Waals surface area contributed by atoms with E-state index in [-0.39, 0.29) is 12.5 Å². The monoisotopic (exact) mass is 479 g/mol. The lowest BCUT2D eigenvalue weighted by Crippen LogP contribution is -2.44. The molecule has 1 aromatic heterocycles. The molecule has 9 heteroatoms. The fraction of sp³-hybridized carbons (Fsp3) is 0.267. The summed E-state index contributed by atoms with van der Waals surface area (Å²) in [6.07, 6.45) is 3.88. The SMILES string of the molecule is CSCCC(=O)NNC(=O)COc1c(I)cc(Cl)c2cccnc12. The lowest BCUT2D eigenvalue weighted by Gasteiger charge is -2.12. The van der Waals surface area contributed by atoms with Crippen LogP contribution in [0.1, 0.15) is 6.42 Å². The van der Waals surface area contributed by atoms with Crippen LogP contribution in [0.15, 0.2) is 24.4 Å². The molecule has 0 fully saturated rings. The molecule has 2 N–H and O–H groups in total. The summed E-state index contributed by atoms with van der Waals surface area (Å²) in [5.74, 6) is 0.478. The molecule has 24 heavy (non-hydrogen) atoms. The second-order valence-corrected chi connectivity index (χ2v) is 7.25. The number of nitrogens with one attached hydrogen (secondary N) is 2. The van der Waals surface area contributed by atoms with Gasteiger partial charge in [0.05, 0.1) is 8.59 Å². The molecule has 0 radical (unpaired) electrons. The number of carbonyl (C=O) groups excluding carboxylic acids is 2. The van der Waals surface area contributed by atoms with Crippen LogP contribution in [0.2, 0.25) is 5.02 Å². The lowest BCUT2D eigenvalue weighted by atomic mass is 10.2. The molecule has 0 saturated heterocycles. The fourth-order valence-corrected chi connectivity index (χ4v) is 3.41. The van der Waals surface area contributed by atoms with E-state index in [4.69, 9.17) is 16.3 Å². The molecule has 0 aliphatic rings. The molecule has 128 valence electrons. The van der Waals surface area contributed by atoms with Gasteiger partial charge in [-0.15, -0.1) is 0 Å². The Kier molecular flexibility index (Phi) is 7.38. The van der Waals surface area contributed by atoms with Crippen molar-refractivity contribution in [1.29, 1.82) is 0 Å². The number of nitrogens with zero attached hydrogens (tertiary/aromatic N) is 1. The van der Waals surface area contributed by atoms with Crippen LogP contribution < -0.4 is 15.6 Å². The first-order valence-corrected chi connectivity index (χ1v) is 9.80. The summed E-state index contributed by atoms with van der Waals surface area (Å²) in [7, 11) is 0. The largest absolute Gasteiger partial charge is 0.480 e. The molecule has 0 bridgehead atoms. The van der Waals surface area contributed by atoms with Gasteiger partial charge >= 0.3 is 0 Å².